The van der Waals surface area contributed by atoms with Crippen molar-refractivity contribution in [2.45, 2.75) is 26.9 Å². The molecule has 0 saturated heterocycles. The van der Waals surface area contributed by atoms with Gasteiger partial charge in [0.25, 0.3) is 0 Å². The summed E-state index contributed by atoms with van der Waals surface area (Å²) in [5, 5.41) is 7.49. The number of benzene rings is 2. The van der Waals surface area contributed by atoms with E-state index >= 15 is 0 Å². The first-order valence-electron chi connectivity index (χ1n) is 9.62. The molecule has 31 heavy (non-hydrogen) atoms. The molecule has 3 rings (SSSR count). The summed E-state index contributed by atoms with van der Waals surface area (Å²) in [5.41, 5.74) is 5.50. The SMILES string of the molecule is CO.CONc1ccc(Cl)cc1C(=O)c1ccncc1.Cc1ccc(OC(C)C)cc1. The van der Waals surface area contributed by atoms with Crippen molar-refractivity contribution >= 4 is 23.1 Å². The summed E-state index contributed by atoms with van der Waals surface area (Å²) in [6.45, 7) is 6.12. The van der Waals surface area contributed by atoms with Crippen LogP contribution in [0.15, 0.2) is 67.0 Å². The maximum absolute atomic E-state index is 12.3. The van der Waals surface area contributed by atoms with Gasteiger partial charge in [-0.15, -0.1) is 0 Å². The third-order valence-corrected chi connectivity index (χ3v) is 4.01. The number of ether oxygens (including phenoxy) is 1. The molecule has 1 heterocycles. The number of ketones is 1. The molecule has 2 N–H and O–H groups in total. The number of nitrogens with zero attached hydrogens (tertiary/aromatic N) is 1. The van der Waals surface area contributed by atoms with Crippen LogP contribution in [0, 0.1) is 6.92 Å². The second kappa shape index (κ2) is 14.1. The van der Waals surface area contributed by atoms with Crippen LogP contribution in [-0.2, 0) is 4.84 Å². The number of hydrogen-bond acceptors (Lipinski definition) is 6. The summed E-state index contributed by atoms with van der Waals surface area (Å²) in [5.74, 6) is 0.810. The van der Waals surface area contributed by atoms with Crippen molar-refractivity contribution in [2.24, 2.45) is 0 Å². The normalized spacial score (nSPS) is 9.68. The number of hydrogen-bond donors (Lipinski definition) is 2. The Morgan fingerprint density at radius 1 is 1.03 bits per heavy atom. The van der Waals surface area contributed by atoms with E-state index in [1.165, 1.54) is 12.7 Å². The molecule has 0 atom stereocenters. The second-order valence-corrected chi connectivity index (χ2v) is 6.98. The van der Waals surface area contributed by atoms with Gasteiger partial charge in [0.05, 0.1) is 18.9 Å². The number of anilines is 1. The Balaban J connectivity index is 0.000000317. The van der Waals surface area contributed by atoms with Gasteiger partial charge in [0.1, 0.15) is 5.75 Å². The largest absolute Gasteiger partial charge is 0.491 e. The Morgan fingerprint density at radius 3 is 2.19 bits per heavy atom. The highest BCUT2D eigenvalue weighted by Gasteiger charge is 2.14. The smallest absolute Gasteiger partial charge is 0.195 e. The number of nitrogens with one attached hydrogen (secondary N) is 1. The minimum atomic E-state index is -0.139. The zero-order valence-electron chi connectivity index (χ0n) is 18.4. The zero-order chi connectivity index (χ0) is 23.2. The van der Waals surface area contributed by atoms with Gasteiger partial charge in [0.15, 0.2) is 5.78 Å². The lowest BCUT2D eigenvalue weighted by molar-refractivity contribution is 0.103. The van der Waals surface area contributed by atoms with Crippen LogP contribution >= 0.6 is 11.6 Å². The summed E-state index contributed by atoms with van der Waals surface area (Å²) >= 11 is 5.92. The van der Waals surface area contributed by atoms with E-state index in [4.69, 9.17) is 26.3 Å². The number of aliphatic hydroxyl groups is 1. The topological polar surface area (TPSA) is 80.7 Å². The summed E-state index contributed by atoms with van der Waals surface area (Å²) in [7, 11) is 2.48. The molecule has 6 nitrogen and oxygen atoms in total. The predicted molar refractivity (Wildman–Crippen MR) is 125 cm³/mol. The number of carbonyl (C=O) groups is 1. The number of halogens is 1. The van der Waals surface area contributed by atoms with Crippen LogP contribution < -0.4 is 10.2 Å². The van der Waals surface area contributed by atoms with E-state index in [-0.39, 0.29) is 11.9 Å². The van der Waals surface area contributed by atoms with Crippen LogP contribution in [0.2, 0.25) is 5.02 Å². The Bertz CT molecular complexity index is 917. The van der Waals surface area contributed by atoms with Crippen LogP contribution in [0.3, 0.4) is 0 Å². The fourth-order valence-electron chi connectivity index (χ4n) is 2.45. The van der Waals surface area contributed by atoms with E-state index < -0.39 is 0 Å². The predicted octanol–water partition coefficient (Wildman–Crippen LogP) is 5.33. The summed E-state index contributed by atoms with van der Waals surface area (Å²) < 4.78 is 5.47. The highest BCUT2D eigenvalue weighted by molar-refractivity contribution is 6.31. The van der Waals surface area contributed by atoms with Gasteiger partial charge in [-0.05, 0) is 63.2 Å². The molecule has 0 aliphatic rings. The molecule has 0 radical (unpaired) electrons. The van der Waals surface area contributed by atoms with Crippen molar-refractivity contribution in [3.05, 3.63) is 88.7 Å². The Hall–Kier alpha value is -2.93. The van der Waals surface area contributed by atoms with Crippen molar-refractivity contribution in [3.63, 3.8) is 0 Å². The highest BCUT2D eigenvalue weighted by atomic mass is 35.5. The zero-order valence-corrected chi connectivity index (χ0v) is 19.2. The van der Waals surface area contributed by atoms with Gasteiger partial charge in [0, 0.05) is 35.7 Å². The van der Waals surface area contributed by atoms with Crippen molar-refractivity contribution in [2.75, 3.05) is 19.7 Å². The maximum atomic E-state index is 12.3. The number of aryl methyl sites for hydroxylation is 1. The van der Waals surface area contributed by atoms with E-state index in [1.54, 1.807) is 42.7 Å². The summed E-state index contributed by atoms with van der Waals surface area (Å²) in [6, 6.07) is 16.4. The molecule has 7 heteroatoms. The number of carbonyl (C=O) groups excluding carboxylic acids is 1. The first-order chi connectivity index (χ1) is 14.9. The van der Waals surface area contributed by atoms with E-state index in [1.807, 2.05) is 26.0 Å². The van der Waals surface area contributed by atoms with Crippen LogP contribution in [0.4, 0.5) is 5.69 Å². The average Bonchev–Trinajstić information content (AvgIpc) is 2.78. The molecule has 0 spiro atoms. The number of aromatic nitrogens is 1. The molecule has 0 bridgehead atoms. The van der Waals surface area contributed by atoms with E-state index in [0.29, 0.717) is 21.8 Å². The molecule has 0 aliphatic heterocycles. The third kappa shape index (κ3) is 9.17. The standard InChI is InChI=1S/C13H11ClN2O2.C10H14O.CH4O/c1-18-16-12-3-2-10(14)8-11(12)13(17)9-4-6-15-7-5-9;1-8(2)11-10-6-4-9(3)5-7-10;1-2/h2-8,16H,1H3;4-8H,1-3H3;2H,1H3. The fraction of sp³-hybridized carbons (Fsp3) is 0.250. The molecule has 0 saturated carbocycles. The number of rotatable bonds is 6. The number of aliphatic hydroxyl groups excluding tert-OH is 1. The molecule has 166 valence electrons. The molecule has 0 amide bonds. The molecule has 3 aromatic rings. The van der Waals surface area contributed by atoms with E-state index in [9.17, 15) is 4.79 Å². The van der Waals surface area contributed by atoms with Crippen LogP contribution in [0.25, 0.3) is 0 Å². The monoisotopic (exact) mass is 444 g/mol. The summed E-state index contributed by atoms with van der Waals surface area (Å²) in [6.07, 6.45) is 3.40. The van der Waals surface area contributed by atoms with E-state index in [2.05, 4.69) is 29.5 Å². The average molecular weight is 445 g/mol. The van der Waals surface area contributed by atoms with Gasteiger partial charge in [-0.2, -0.15) is 0 Å². The van der Waals surface area contributed by atoms with E-state index in [0.717, 1.165) is 12.9 Å². The van der Waals surface area contributed by atoms with Gasteiger partial charge < -0.3 is 9.84 Å². The second-order valence-electron chi connectivity index (χ2n) is 6.54. The van der Waals surface area contributed by atoms with Crippen molar-refractivity contribution in [1.29, 1.82) is 0 Å². The van der Waals surface area contributed by atoms with Gasteiger partial charge in [0.2, 0.25) is 0 Å². The minimum Gasteiger partial charge on any atom is -0.491 e. The first-order valence-corrected chi connectivity index (χ1v) is 9.99. The molecule has 0 aliphatic carbocycles. The van der Waals surface area contributed by atoms with Gasteiger partial charge >= 0.3 is 0 Å². The molecule has 1 aromatic heterocycles. The quantitative estimate of drug-likeness (QED) is 0.395. The first kappa shape index (κ1) is 26.1. The van der Waals surface area contributed by atoms with Crippen LogP contribution in [0.5, 0.6) is 5.75 Å². The van der Waals surface area contributed by atoms with Crippen molar-refractivity contribution in [1.82, 2.24) is 4.98 Å². The Morgan fingerprint density at radius 2 is 1.65 bits per heavy atom. The maximum Gasteiger partial charge on any atom is 0.195 e. The van der Waals surface area contributed by atoms with Crippen molar-refractivity contribution < 1.29 is 19.5 Å². The lowest BCUT2D eigenvalue weighted by Crippen LogP contribution is -2.07. The van der Waals surface area contributed by atoms with Crippen LogP contribution in [0.1, 0.15) is 35.3 Å². The van der Waals surface area contributed by atoms with Gasteiger partial charge in [-0.3, -0.25) is 20.1 Å². The Labute approximate surface area is 188 Å². The van der Waals surface area contributed by atoms with Crippen molar-refractivity contribution in [3.8, 4) is 5.75 Å². The van der Waals surface area contributed by atoms with Crippen LogP contribution in [-0.4, -0.2) is 36.2 Å². The minimum absolute atomic E-state index is 0.139. The highest BCUT2D eigenvalue weighted by Crippen LogP contribution is 2.23. The third-order valence-electron chi connectivity index (χ3n) is 3.77. The van der Waals surface area contributed by atoms with Gasteiger partial charge in [-0.1, -0.05) is 29.3 Å². The molecule has 0 fully saturated rings. The lowest BCUT2D eigenvalue weighted by Gasteiger charge is -2.09. The van der Waals surface area contributed by atoms with Gasteiger partial charge in [-0.25, -0.2) is 0 Å². The summed E-state index contributed by atoms with van der Waals surface area (Å²) in [4.78, 5) is 21.0. The molecular weight excluding hydrogens is 416 g/mol. The number of pyridine rings is 1. The Kier molecular flexibility index (Phi) is 11.9. The molecular formula is C24H29ClN2O4. The fourth-order valence-corrected chi connectivity index (χ4v) is 2.62. The molecule has 2 aromatic carbocycles. The molecule has 0 unspecified atom stereocenters. The lowest BCUT2D eigenvalue weighted by atomic mass is 10.0.